The van der Waals surface area contributed by atoms with Crippen LogP contribution in [0.25, 0.3) is 0 Å². The second-order valence-corrected chi connectivity index (χ2v) is 7.09. The lowest BCUT2D eigenvalue weighted by Gasteiger charge is -2.37. The van der Waals surface area contributed by atoms with Gasteiger partial charge in [-0.15, -0.1) is 0 Å². The molecule has 25 heavy (non-hydrogen) atoms. The molecule has 0 unspecified atom stereocenters. The lowest BCUT2D eigenvalue weighted by Crippen LogP contribution is -2.54. The zero-order valence-electron chi connectivity index (χ0n) is 15.4. The minimum absolute atomic E-state index is 0.131. The molecule has 2 saturated heterocycles. The van der Waals surface area contributed by atoms with Crippen molar-refractivity contribution < 1.29 is 4.79 Å². The van der Waals surface area contributed by atoms with E-state index in [0.717, 1.165) is 71.6 Å². The number of piperidine rings is 1. The van der Waals surface area contributed by atoms with Gasteiger partial charge in [-0.05, 0) is 43.5 Å². The molecule has 1 aromatic rings. The quantitative estimate of drug-likeness (QED) is 0.877. The molecule has 3 rings (SSSR count). The van der Waals surface area contributed by atoms with Gasteiger partial charge in [-0.2, -0.15) is 0 Å². The van der Waals surface area contributed by atoms with E-state index >= 15 is 0 Å². The van der Waals surface area contributed by atoms with E-state index in [4.69, 9.17) is 0 Å². The van der Waals surface area contributed by atoms with Gasteiger partial charge in [0.05, 0.1) is 0 Å². The summed E-state index contributed by atoms with van der Waals surface area (Å²) in [4.78, 5) is 23.4. The first-order chi connectivity index (χ1) is 12.2. The Labute approximate surface area is 151 Å². The van der Waals surface area contributed by atoms with Gasteiger partial charge in [0.25, 0.3) is 0 Å². The second kappa shape index (κ2) is 9.15. The van der Waals surface area contributed by atoms with Gasteiger partial charge in [0, 0.05) is 64.2 Å². The fraction of sp³-hybridized carbons (Fsp3) is 0.684. The van der Waals surface area contributed by atoms with E-state index in [9.17, 15) is 4.79 Å². The van der Waals surface area contributed by atoms with Crippen molar-refractivity contribution >= 4 is 6.03 Å². The molecule has 138 valence electrons. The first-order valence-corrected chi connectivity index (χ1v) is 9.63. The Hall–Kier alpha value is -1.66. The van der Waals surface area contributed by atoms with Crippen LogP contribution in [0.3, 0.4) is 0 Å². The summed E-state index contributed by atoms with van der Waals surface area (Å²) in [5.41, 5.74) is 1.34. The number of rotatable bonds is 5. The topological polar surface area (TPSA) is 51.7 Å². The Balaban J connectivity index is 1.34. The Morgan fingerprint density at radius 1 is 1.08 bits per heavy atom. The number of amides is 2. The second-order valence-electron chi connectivity index (χ2n) is 7.09. The lowest BCUT2D eigenvalue weighted by molar-refractivity contribution is 0.134. The highest BCUT2D eigenvalue weighted by Crippen LogP contribution is 2.12. The van der Waals surface area contributed by atoms with Crippen molar-refractivity contribution in [3.63, 3.8) is 0 Å². The third-order valence-electron chi connectivity index (χ3n) is 5.49. The first-order valence-electron chi connectivity index (χ1n) is 9.63. The molecule has 3 heterocycles. The maximum Gasteiger partial charge on any atom is 0.317 e. The Morgan fingerprint density at radius 2 is 1.76 bits per heavy atom. The molecular weight excluding hydrogens is 314 g/mol. The Kier molecular flexibility index (Phi) is 6.64. The SMILES string of the molecule is CCN1CCN(C(=O)NC2CCN(CCc3ccncc3)CC2)CC1. The molecule has 0 spiro atoms. The average molecular weight is 345 g/mol. The number of pyridine rings is 1. The number of aromatic nitrogens is 1. The number of hydrogen-bond donors (Lipinski definition) is 1. The van der Waals surface area contributed by atoms with Crippen molar-refractivity contribution in [2.45, 2.75) is 32.2 Å². The molecule has 1 N–H and O–H groups in total. The largest absolute Gasteiger partial charge is 0.335 e. The summed E-state index contributed by atoms with van der Waals surface area (Å²) in [7, 11) is 0. The summed E-state index contributed by atoms with van der Waals surface area (Å²) < 4.78 is 0. The lowest BCUT2D eigenvalue weighted by atomic mass is 10.0. The summed E-state index contributed by atoms with van der Waals surface area (Å²) in [5, 5.41) is 3.25. The minimum atomic E-state index is 0.131. The van der Waals surface area contributed by atoms with Crippen LogP contribution in [-0.2, 0) is 6.42 Å². The monoisotopic (exact) mass is 345 g/mol. The van der Waals surface area contributed by atoms with Crippen LogP contribution in [0, 0.1) is 0 Å². The number of nitrogens with zero attached hydrogens (tertiary/aromatic N) is 4. The van der Waals surface area contributed by atoms with E-state index in [1.807, 2.05) is 17.3 Å². The number of carbonyl (C=O) groups excluding carboxylic acids is 1. The molecule has 0 aliphatic carbocycles. The molecule has 6 heteroatoms. The minimum Gasteiger partial charge on any atom is -0.335 e. The molecule has 0 bridgehead atoms. The molecule has 1 aromatic heterocycles. The van der Waals surface area contributed by atoms with Crippen LogP contribution >= 0.6 is 0 Å². The maximum atomic E-state index is 12.4. The van der Waals surface area contributed by atoms with Crippen LogP contribution in [0.4, 0.5) is 4.79 Å². The number of hydrogen-bond acceptors (Lipinski definition) is 4. The van der Waals surface area contributed by atoms with Gasteiger partial charge in [0.2, 0.25) is 0 Å². The van der Waals surface area contributed by atoms with E-state index in [1.165, 1.54) is 5.56 Å². The van der Waals surface area contributed by atoms with Gasteiger partial charge >= 0.3 is 6.03 Å². The van der Waals surface area contributed by atoms with Crippen LogP contribution in [0.15, 0.2) is 24.5 Å². The number of nitrogens with one attached hydrogen (secondary N) is 1. The number of piperazine rings is 1. The predicted molar refractivity (Wildman–Crippen MR) is 99.6 cm³/mol. The van der Waals surface area contributed by atoms with Crippen molar-refractivity contribution in [3.8, 4) is 0 Å². The number of likely N-dealkylation sites (N-methyl/N-ethyl adjacent to an activating group) is 1. The van der Waals surface area contributed by atoms with Crippen LogP contribution in [0.5, 0.6) is 0 Å². The molecular formula is C19H31N5O. The average Bonchev–Trinajstić information content (AvgIpc) is 2.68. The number of likely N-dealkylation sites (tertiary alicyclic amines) is 1. The van der Waals surface area contributed by atoms with Crippen LogP contribution in [0.1, 0.15) is 25.3 Å². The number of urea groups is 1. The predicted octanol–water partition coefficient (Wildman–Crippen LogP) is 1.44. The van der Waals surface area contributed by atoms with Crippen molar-refractivity contribution in [2.24, 2.45) is 0 Å². The molecule has 2 aliphatic rings. The third-order valence-corrected chi connectivity index (χ3v) is 5.49. The summed E-state index contributed by atoms with van der Waals surface area (Å²) >= 11 is 0. The highest BCUT2D eigenvalue weighted by Gasteiger charge is 2.24. The molecule has 0 saturated carbocycles. The van der Waals surface area contributed by atoms with Crippen LogP contribution < -0.4 is 5.32 Å². The molecule has 0 radical (unpaired) electrons. The van der Waals surface area contributed by atoms with Crippen LogP contribution in [-0.4, -0.2) is 84.1 Å². The zero-order chi connectivity index (χ0) is 17.5. The summed E-state index contributed by atoms with van der Waals surface area (Å²) in [6.45, 7) is 10.2. The third kappa shape index (κ3) is 5.41. The molecule has 6 nitrogen and oxygen atoms in total. The molecule has 2 aliphatic heterocycles. The fourth-order valence-corrected chi connectivity index (χ4v) is 3.67. The smallest absolute Gasteiger partial charge is 0.317 e. The molecule has 2 fully saturated rings. The van der Waals surface area contributed by atoms with Crippen LogP contribution in [0.2, 0.25) is 0 Å². The summed E-state index contributed by atoms with van der Waals surface area (Å²) in [6, 6.07) is 4.64. The normalized spacial score (nSPS) is 20.6. The van der Waals surface area contributed by atoms with E-state index in [2.05, 4.69) is 39.2 Å². The molecule has 0 aromatic carbocycles. The summed E-state index contributed by atoms with van der Waals surface area (Å²) in [5.74, 6) is 0. The van der Waals surface area contributed by atoms with Gasteiger partial charge in [0.15, 0.2) is 0 Å². The van der Waals surface area contributed by atoms with E-state index in [1.54, 1.807) is 0 Å². The van der Waals surface area contributed by atoms with E-state index in [0.29, 0.717) is 6.04 Å². The van der Waals surface area contributed by atoms with Gasteiger partial charge in [-0.1, -0.05) is 6.92 Å². The van der Waals surface area contributed by atoms with Crippen molar-refractivity contribution in [1.29, 1.82) is 0 Å². The van der Waals surface area contributed by atoms with Gasteiger partial charge in [0.1, 0.15) is 0 Å². The molecule has 2 amide bonds. The van der Waals surface area contributed by atoms with Gasteiger partial charge in [-0.3, -0.25) is 4.98 Å². The summed E-state index contributed by atoms with van der Waals surface area (Å²) in [6.07, 6.45) is 6.89. The van der Waals surface area contributed by atoms with Crippen molar-refractivity contribution in [3.05, 3.63) is 30.1 Å². The fourth-order valence-electron chi connectivity index (χ4n) is 3.67. The van der Waals surface area contributed by atoms with Crippen molar-refractivity contribution in [1.82, 2.24) is 25.0 Å². The van der Waals surface area contributed by atoms with E-state index in [-0.39, 0.29) is 6.03 Å². The highest BCUT2D eigenvalue weighted by molar-refractivity contribution is 5.74. The van der Waals surface area contributed by atoms with Crippen molar-refractivity contribution in [2.75, 3.05) is 52.4 Å². The number of carbonyl (C=O) groups is 1. The maximum absolute atomic E-state index is 12.4. The molecule has 0 atom stereocenters. The van der Waals surface area contributed by atoms with Gasteiger partial charge < -0.3 is 20.0 Å². The Bertz CT molecular complexity index is 522. The highest BCUT2D eigenvalue weighted by atomic mass is 16.2. The first kappa shape index (κ1) is 18.1. The standard InChI is InChI=1S/C19H31N5O/c1-2-22-13-15-24(16-14-22)19(25)21-18-6-11-23(12-7-18)10-5-17-3-8-20-9-4-17/h3-4,8-9,18H,2,5-7,10-16H2,1H3,(H,21,25). The van der Waals surface area contributed by atoms with E-state index < -0.39 is 0 Å². The zero-order valence-corrected chi connectivity index (χ0v) is 15.4. The Morgan fingerprint density at radius 3 is 2.40 bits per heavy atom. The van der Waals surface area contributed by atoms with Gasteiger partial charge in [-0.25, -0.2) is 4.79 Å².